The largest absolute Gasteiger partial charge is 0.461 e. The average Bonchev–Trinajstić information content (AvgIpc) is 2.28. The second-order valence-corrected chi connectivity index (χ2v) is 3.96. The van der Waals surface area contributed by atoms with Gasteiger partial charge in [0.1, 0.15) is 6.61 Å². The minimum Gasteiger partial charge on any atom is -0.461 e. The Kier molecular flexibility index (Phi) is 6.11. The molecule has 4 heteroatoms. The van der Waals surface area contributed by atoms with Crippen molar-refractivity contribution in [3.63, 3.8) is 0 Å². The zero-order valence-electron chi connectivity index (χ0n) is 10.0. The first-order valence-corrected chi connectivity index (χ1v) is 5.70. The van der Waals surface area contributed by atoms with Gasteiger partial charge in [-0.1, -0.05) is 6.08 Å². The van der Waals surface area contributed by atoms with Crippen molar-refractivity contribution >= 4 is 5.97 Å². The fraction of sp³-hybridized carbons (Fsp3) is 0.750. The molecule has 1 aliphatic rings. The van der Waals surface area contributed by atoms with Gasteiger partial charge in [0, 0.05) is 13.5 Å². The summed E-state index contributed by atoms with van der Waals surface area (Å²) in [5.74, 6) is -0.260. The van der Waals surface area contributed by atoms with E-state index in [0.717, 1.165) is 25.0 Å². The van der Waals surface area contributed by atoms with Crippen molar-refractivity contribution in [2.24, 2.45) is 0 Å². The topological polar surface area (TPSA) is 44.8 Å². The Morgan fingerprint density at radius 2 is 2.25 bits per heavy atom. The molecule has 0 radical (unpaired) electrons. The number of carbonyl (C=O) groups excluding carboxylic acids is 1. The monoisotopic (exact) mass is 228 g/mol. The van der Waals surface area contributed by atoms with E-state index in [1.807, 2.05) is 13.0 Å². The summed E-state index contributed by atoms with van der Waals surface area (Å²) in [4.78, 5) is 10.6. The molecule has 0 aromatic heterocycles. The van der Waals surface area contributed by atoms with Crippen LogP contribution in [0, 0.1) is 0 Å². The van der Waals surface area contributed by atoms with Gasteiger partial charge in [0.25, 0.3) is 0 Å². The lowest BCUT2D eigenvalue weighted by Crippen LogP contribution is -2.22. The fourth-order valence-corrected chi connectivity index (χ4v) is 1.41. The van der Waals surface area contributed by atoms with Gasteiger partial charge in [-0.3, -0.25) is 4.79 Å². The number of esters is 1. The van der Waals surface area contributed by atoms with Gasteiger partial charge in [-0.2, -0.15) is 0 Å². The Morgan fingerprint density at radius 1 is 1.44 bits per heavy atom. The third-order valence-electron chi connectivity index (χ3n) is 2.35. The van der Waals surface area contributed by atoms with Crippen LogP contribution in [0.5, 0.6) is 0 Å². The minimum absolute atomic E-state index is 0.0634. The number of rotatable bonds is 5. The van der Waals surface area contributed by atoms with Crippen molar-refractivity contribution < 1.29 is 19.0 Å². The summed E-state index contributed by atoms with van der Waals surface area (Å²) >= 11 is 0. The van der Waals surface area contributed by atoms with Crippen LogP contribution < -0.4 is 0 Å². The predicted molar refractivity (Wildman–Crippen MR) is 59.9 cm³/mol. The van der Waals surface area contributed by atoms with Crippen LogP contribution in [0.2, 0.25) is 0 Å². The molecule has 1 rings (SSSR count). The van der Waals surface area contributed by atoms with Crippen molar-refractivity contribution in [2.75, 3.05) is 19.8 Å². The highest BCUT2D eigenvalue weighted by molar-refractivity contribution is 5.66. The molecule has 0 bridgehead atoms. The van der Waals surface area contributed by atoms with Crippen LogP contribution >= 0.6 is 0 Å². The van der Waals surface area contributed by atoms with Gasteiger partial charge < -0.3 is 14.2 Å². The minimum atomic E-state index is -0.260. The molecule has 1 aliphatic heterocycles. The predicted octanol–water partition coefficient (Wildman–Crippen LogP) is 2.04. The lowest BCUT2D eigenvalue weighted by Gasteiger charge is -2.22. The first-order chi connectivity index (χ1) is 7.68. The molecule has 16 heavy (non-hydrogen) atoms. The van der Waals surface area contributed by atoms with Crippen LogP contribution in [0.3, 0.4) is 0 Å². The Labute approximate surface area is 96.6 Å². The van der Waals surface area contributed by atoms with E-state index in [1.165, 1.54) is 13.3 Å². The first kappa shape index (κ1) is 13.2. The van der Waals surface area contributed by atoms with Crippen LogP contribution in [0.4, 0.5) is 0 Å². The van der Waals surface area contributed by atoms with Crippen LogP contribution in [0.15, 0.2) is 11.6 Å². The maximum Gasteiger partial charge on any atom is 0.302 e. The normalized spacial score (nSPS) is 21.9. The van der Waals surface area contributed by atoms with E-state index in [-0.39, 0.29) is 12.3 Å². The summed E-state index contributed by atoms with van der Waals surface area (Å²) in [7, 11) is 0. The van der Waals surface area contributed by atoms with Crippen LogP contribution in [-0.4, -0.2) is 32.1 Å². The van der Waals surface area contributed by atoms with Crippen molar-refractivity contribution in [2.45, 2.75) is 39.4 Å². The molecule has 0 aliphatic carbocycles. The van der Waals surface area contributed by atoms with Crippen LogP contribution in [0.1, 0.15) is 33.1 Å². The Morgan fingerprint density at radius 3 is 2.88 bits per heavy atom. The SMILES string of the molecule is CC(=O)OC/C(C)=C/COC1CCCCO1. The maximum absolute atomic E-state index is 10.6. The molecule has 0 N–H and O–H groups in total. The summed E-state index contributed by atoms with van der Waals surface area (Å²) < 4.78 is 15.8. The smallest absolute Gasteiger partial charge is 0.302 e. The van der Waals surface area contributed by atoms with Crippen molar-refractivity contribution in [3.05, 3.63) is 11.6 Å². The van der Waals surface area contributed by atoms with Crippen LogP contribution in [-0.2, 0) is 19.0 Å². The summed E-state index contributed by atoms with van der Waals surface area (Å²) in [5.41, 5.74) is 0.992. The van der Waals surface area contributed by atoms with Crippen molar-refractivity contribution in [1.82, 2.24) is 0 Å². The van der Waals surface area contributed by atoms with Gasteiger partial charge in [0.2, 0.25) is 0 Å². The van der Waals surface area contributed by atoms with Crippen molar-refractivity contribution in [1.29, 1.82) is 0 Å². The molecule has 1 saturated heterocycles. The number of ether oxygens (including phenoxy) is 3. The van der Waals surface area contributed by atoms with E-state index in [4.69, 9.17) is 14.2 Å². The second kappa shape index (κ2) is 7.41. The molecule has 0 saturated carbocycles. The lowest BCUT2D eigenvalue weighted by molar-refractivity contribution is -0.155. The quantitative estimate of drug-likeness (QED) is 0.533. The third-order valence-corrected chi connectivity index (χ3v) is 2.35. The van der Waals surface area contributed by atoms with E-state index in [2.05, 4.69) is 0 Å². The molecule has 0 amide bonds. The summed E-state index contributed by atoms with van der Waals surface area (Å²) in [6.45, 7) is 4.95. The highest BCUT2D eigenvalue weighted by Crippen LogP contribution is 2.13. The molecule has 0 spiro atoms. The standard InChI is InChI=1S/C12H20O4/c1-10(9-16-11(2)13)6-8-15-12-5-3-4-7-14-12/h6,12H,3-5,7-9H2,1-2H3/b10-6+. The highest BCUT2D eigenvalue weighted by Gasteiger charge is 2.12. The van der Waals surface area contributed by atoms with Gasteiger partial charge in [-0.25, -0.2) is 0 Å². The van der Waals surface area contributed by atoms with Crippen LogP contribution in [0.25, 0.3) is 0 Å². The first-order valence-electron chi connectivity index (χ1n) is 5.70. The molecule has 1 fully saturated rings. The third kappa shape index (κ3) is 5.88. The van der Waals surface area contributed by atoms with Gasteiger partial charge in [0.15, 0.2) is 6.29 Å². The Bertz CT molecular complexity index is 241. The fourth-order valence-electron chi connectivity index (χ4n) is 1.41. The van der Waals surface area contributed by atoms with E-state index < -0.39 is 0 Å². The summed E-state index contributed by atoms with van der Waals surface area (Å²) in [6.07, 6.45) is 5.12. The molecule has 0 aromatic rings. The highest BCUT2D eigenvalue weighted by atomic mass is 16.7. The van der Waals surface area contributed by atoms with Gasteiger partial charge in [-0.15, -0.1) is 0 Å². The molecular weight excluding hydrogens is 208 g/mol. The summed E-state index contributed by atoms with van der Waals surface area (Å²) in [6, 6.07) is 0. The molecule has 0 aromatic carbocycles. The molecule has 4 nitrogen and oxygen atoms in total. The maximum atomic E-state index is 10.6. The number of carbonyl (C=O) groups is 1. The zero-order chi connectivity index (χ0) is 11.8. The number of hydrogen-bond acceptors (Lipinski definition) is 4. The second-order valence-electron chi connectivity index (χ2n) is 3.96. The number of hydrogen-bond donors (Lipinski definition) is 0. The van der Waals surface area contributed by atoms with Gasteiger partial charge in [-0.05, 0) is 31.8 Å². The van der Waals surface area contributed by atoms with E-state index in [1.54, 1.807) is 0 Å². The molecule has 1 heterocycles. The Balaban J connectivity index is 2.11. The van der Waals surface area contributed by atoms with Gasteiger partial charge >= 0.3 is 5.97 Å². The van der Waals surface area contributed by atoms with E-state index in [9.17, 15) is 4.79 Å². The summed E-state index contributed by atoms with van der Waals surface area (Å²) in [5, 5.41) is 0. The lowest BCUT2D eigenvalue weighted by atomic mass is 10.2. The average molecular weight is 228 g/mol. The molecular formula is C12H20O4. The van der Waals surface area contributed by atoms with E-state index >= 15 is 0 Å². The Hall–Kier alpha value is -0.870. The van der Waals surface area contributed by atoms with E-state index in [0.29, 0.717) is 13.2 Å². The van der Waals surface area contributed by atoms with Gasteiger partial charge in [0.05, 0.1) is 6.61 Å². The van der Waals surface area contributed by atoms with Crippen molar-refractivity contribution in [3.8, 4) is 0 Å². The molecule has 92 valence electrons. The molecule has 1 unspecified atom stereocenters. The molecule has 1 atom stereocenters. The zero-order valence-corrected chi connectivity index (χ0v) is 10.0.